The van der Waals surface area contributed by atoms with Gasteiger partial charge in [-0.3, -0.25) is 4.79 Å². The molecule has 110 valence electrons. The van der Waals surface area contributed by atoms with Gasteiger partial charge in [0, 0.05) is 13.0 Å². The molecule has 1 fully saturated rings. The molecule has 0 amide bonds. The van der Waals surface area contributed by atoms with Crippen LogP contribution in [0, 0.1) is 0 Å². The van der Waals surface area contributed by atoms with Gasteiger partial charge in [0.25, 0.3) is 0 Å². The lowest BCUT2D eigenvalue weighted by atomic mass is 10.2. The van der Waals surface area contributed by atoms with Crippen LogP contribution in [0.4, 0.5) is 13.2 Å². The summed E-state index contributed by atoms with van der Waals surface area (Å²) < 4.78 is 47.8. The number of esters is 1. The second-order valence-electron chi connectivity index (χ2n) is 4.49. The second kappa shape index (κ2) is 5.70. The first kappa shape index (κ1) is 14.6. The van der Waals surface area contributed by atoms with Gasteiger partial charge in [-0.05, 0) is 18.2 Å². The quantitative estimate of drug-likeness (QED) is 0.865. The average Bonchev–Trinajstić information content (AvgIpc) is 2.85. The number of methoxy groups -OCH3 is 1. The molecule has 0 spiro atoms. The molecular weight excluding hydrogens is 275 g/mol. The third-order valence-corrected chi connectivity index (χ3v) is 3.04. The molecule has 1 aromatic carbocycles. The topological polar surface area (TPSA) is 47.6 Å². The van der Waals surface area contributed by atoms with Gasteiger partial charge in [0.1, 0.15) is 17.9 Å². The third-order valence-electron chi connectivity index (χ3n) is 3.04. The van der Waals surface area contributed by atoms with E-state index in [1.165, 1.54) is 19.2 Å². The van der Waals surface area contributed by atoms with Crippen LogP contribution in [0.1, 0.15) is 12.0 Å². The molecule has 20 heavy (non-hydrogen) atoms. The second-order valence-corrected chi connectivity index (χ2v) is 4.49. The molecule has 0 aromatic heterocycles. The van der Waals surface area contributed by atoms with Crippen molar-refractivity contribution in [2.75, 3.05) is 13.7 Å². The van der Waals surface area contributed by atoms with Crippen LogP contribution >= 0.6 is 0 Å². The van der Waals surface area contributed by atoms with Crippen LogP contribution < -0.4 is 10.1 Å². The van der Waals surface area contributed by atoms with Gasteiger partial charge in [-0.1, -0.05) is 6.07 Å². The van der Waals surface area contributed by atoms with Crippen LogP contribution in [-0.4, -0.2) is 31.8 Å². The molecule has 1 aliphatic rings. The molecule has 7 heteroatoms. The number of benzene rings is 1. The number of halogens is 3. The zero-order chi connectivity index (χ0) is 14.8. The molecule has 1 N–H and O–H groups in total. The molecule has 1 aliphatic heterocycles. The predicted molar refractivity (Wildman–Crippen MR) is 64.3 cm³/mol. The number of alkyl halides is 3. The van der Waals surface area contributed by atoms with Crippen molar-refractivity contribution in [1.82, 2.24) is 5.32 Å². The van der Waals surface area contributed by atoms with Gasteiger partial charge in [-0.15, -0.1) is 0 Å². The molecule has 1 saturated heterocycles. The summed E-state index contributed by atoms with van der Waals surface area (Å²) in [5.41, 5.74) is -0.759. The van der Waals surface area contributed by atoms with Crippen molar-refractivity contribution >= 4 is 5.97 Å². The Morgan fingerprint density at radius 1 is 1.40 bits per heavy atom. The first-order valence-corrected chi connectivity index (χ1v) is 6.05. The van der Waals surface area contributed by atoms with Gasteiger partial charge >= 0.3 is 12.1 Å². The Bertz CT molecular complexity index is 490. The first-order valence-electron chi connectivity index (χ1n) is 6.05. The Morgan fingerprint density at radius 2 is 2.15 bits per heavy atom. The number of carbonyl (C=O) groups excluding carboxylic acids is 1. The SMILES string of the molecule is COC(=O)[C@@H]1C[C@@H](Oc2cccc(C(F)(F)F)c2)CN1. The molecule has 2 rings (SSSR count). The van der Waals surface area contributed by atoms with Crippen molar-refractivity contribution in [2.24, 2.45) is 0 Å². The van der Waals surface area contributed by atoms with E-state index in [0.717, 1.165) is 12.1 Å². The smallest absolute Gasteiger partial charge is 0.416 e. The fourth-order valence-corrected chi connectivity index (χ4v) is 2.05. The van der Waals surface area contributed by atoms with Crippen molar-refractivity contribution < 1.29 is 27.4 Å². The summed E-state index contributed by atoms with van der Waals surface area (Å²) >= 11 is 0. The predicted octanol–water partition coefficient (Wildman–Crippen LogP) is 1.99. The minimum Gasteiger partial charge on any atom is -0.489 e. The maximum atomic E-state index is 12.6. The summed E-state index contributed by atoms with van der Waals surface area (Å²) in [5.74, 6) is -0.266. The Hall–Kier alpha value is -1.76. The Balaban J connectivity index is 2.00. The first-order chi connectivity index (χ1) is 9.40. The summed E-state index contributed by atoms with van der Waals surface area (Å²) in [5, 5.41) is 2.90. The summed E-state index contributed by atoms with van der Waals surface area (Å²) in [4.78, 5) is 11.3. The molecule has 0 unspecified atom stereocenters. The maximum Gasteiger partial charge on any atom is 0.416 e. The van der Waals surface area contributed by atoms with E-state index >= 15 is 0 Å². The van der Waals surface area contributed by atoms with Gasteiger partial charge < -0.3 is 14.8 Å². The van der Waals surface area contributed by atoms with E-state index in [1.54, 1.807) is 0 Å². The number of hydrogen-bond donors (Lipinski definition) is 1. The minimum absolute atomic E-state index is 0.136. The van der Waals surface area contributed by atoms with Crippen molar-refractivity contribution in [1.29, 1.82) is 0 Å². The summed E-state index contributed by atoms with van der Waals surface area (Å²) in [6.45, 7) is 0.385. The Kier molecular flexibility index (Phi) is 4.17. The normalized spacial score (nSPS) is 22.6. The zero-order valence-corrected chi connectivity index (χ0v) is 10.7. The van der Waals surface area contributed by atoms with Gasteiger partial charge in [-0.25, -0.2) is 0 Å². The number of ether oxygens (including phenoxy) is 2. The number of hydrogen-bond acceptors (Lipinski definition) is 4. The lowest BCUT2D eigenvalue weighted by Crippen LogP contribution is -2.31. The van der Waals surface area contributed by atoms with Crippen LogP contribution in [0.15, 0.2) is 24.3 Å². The lowest BCUT2D eigenvalue weighted by Gasteiger charge is -2.14. The zero-order valence-electron chi connectivity index (χ0n) is 10.7. The van der Waals surface area contributed by atoms with Crippen LogP contribution in [0.2, 0.25) is 0 Å². The van der Waals surface area contributed by atoms with E-state index in [0.29, 0.717) is 13.0 Å². The van der Waals surface area contributed by atoms with Crippen molar-refractivity contribution in [2.45, 2.75) is 24.7 Å². The van der Waals surface area contributed by atoms with E-state index in [2.05, 4.69) is 10.1 Å². The van der Waals surface area contributed by atoms with Crippen molar-refractivity contribution in [3.63, 3.8) is 0 Å². The highest BCUT2D eigenvalue weighted by Crippen LogP contribution is 2.31. The van der Waals surface area contributed by atoms with Gasteiger partial charge in [-0.2, -0.15) is 13.2 Å². The van der Waals surface area contributed by atoms with Crippen LogP contribution in [0.25, 0.3) is 0 Å². The molecule has 1 aromatic rings. The number of carbonyl (C=O) groups is 1. The van der Waals surface area contributed by atoms with E-state index in [1.807, 2.05) is 0 Å². The largest absolute Gasteiger partial charge is 0.489 e. The molecule has 2 atom stereocenters. The highest BCUT2D eigenvalue weighted by molar-refractivity contribution is 5.76. The Morgan fingerprint density at radius 3 is 2.80 bits per heavy atom. The molecule has 0 bridgehead atoms. The lowest BCUT2D eigenvalue weighted by molar-refractivity contribution is -0.142. The van der Waals surface area contributed by atoms with Gasteiger partial charge in [0.05, 0.1) is 12.7 Å². The molecule has 4 nitrogen and oxygen atoms in total. The van der Waals surface area contributed by atoms with E-state index in [-0.39, 0.29) is 11.9 Å². The minimum atomic E-state index is -4.40. The van der Waals surface area contributed by atoms with Crippen LogP contribution in [0.3, 0.4) is 0 Å². The van der Waals surface area contributed by atoms with Gasteiger partial charge in [0.15, 0.2) is 0 Å². The monoisotopic (exact) mass is 289 g/mol. The fourth-order valence-electron chi connectivity index (χ4n) is 2.05. The fraction of sp³-hybridized carbons (Fsp3) is 0.462. The van der Waals surface area contributed by atoms with Gasteiger partial charge in [0.2, 0.25) is 0 Å². The molecular formula is C13H14F3NO3. The van der Waals surface area contributed by atoms with E-state index < -0.39 is 23.8 Å². The summed E-state index contributed by atoms with van der Waals surface area (Å²) in [6.07, 6.45) is -4.40. The van der Waals surface area contributed by atoms with E-state index in [9.17, 15) is 18.0 Å². The highest BCUT2D eigenvalue weighted by atomic mass is 19.4. The van der Waals surface area contributed by atoms with Crippen LogP contribution in [0.5, 0.6) is 5.75 Å². The molecule has 1 heterocycles. The maximum absolute atomic E-state index is 12.6. The number of rotatable bonds is 3. The van der Waals surface area contributed by atoms with Crippen molar-refractivity contribution in [3.8, 4) is 5.75 Å². The highest BCUT2D eigenvalue weighted by Gasteiger charge is 2.33. The molecule has 0 saturated carbocycles. The standard InChI is InChI=1S/C13H14F3NO3/c1-19-12(18)11-6-10(7-17-11)20-9-4-2-3-8(5-9)13(14,15)16/h2-5,10-11,17H,6-7H2,1H3/t10-,11+/m1/s1. The summed E-state index contributed by atoms with van der Waals surface area (Å²) in [6, 6.07) is 4.21. The Labute approximate surface area is 113 Å². The average molecular weight is 289 g/mol. The molecule has 0 aliphatic carbocycles. The number of nitrogens with one attached hydrogen (secondary N) is 1. The van der Waals surface area contributed by atoms with Crippen molar-refractivity contribution in [3.05, 3.63) is 29.8 Å². The third kappa shape index (κ3) is 3.41. The molecule has 0 radical (unpaired) electrons. The van der Waals surface area contributed by atoms with Crippen LogP contribution in [-0.2, 0) is 15.7 Å². The summed E-state index contributed by atoms with van der Waals surface area (Å²) in [7, 11) is 1.28. The van der Waals surface area contributed by atoms with E-state index in [4.69, 9.17) is 4.74 Å².